The van der Waals surface area contributed by atoms with Crippen LogP contribution in [0.5, 0.6) is 0 Å². The summed E-state index contributed by atoms with van der Waals surface area (Å²) >= 11 is 3.54. The highest BCUT2D eigenvalue weighted by molar-refractivity contribution is 7.36. The van der Waals surface area contributed by atoms with Crippen LogP contribution in [0, 0.1) is 6.07 Å². The van der Waals surface area contributed by atoms with Gasteiger partial charge in [-0.2, -0.15) is 0 Å². The second kappa shape index (κ2) is 1.57. The van der Waals surface area contributed by atoms with Gasteiger partial charge in [-0.3, -0.25) is 0 Å². The minimum Gasteiger partial charge on any atom is -0.133 e. The van der Waals surface area contributed by atoms with Crippen LogP contribution < -0.4 is 0 Å². The summed E-state index contributed by atoms with van der Waals surface area (Å²) in [6.45, 7) is 0. The van der Waals surface area contributed by atoms with Gasteiger partial charge < -0.3 is 0 Å². The predicted molar refractivity (Wildman–Crippen MR) is 38.5 cm³/mol. The molecule has 0 N–H and O–H groups in total. The molecule has 0 saturated carbocycles. The molecule has 0 aliphatic carbocycles. The van der Waals surface area contributed by atoms with Crippen LogP contribution in [0.4, 0.5) is 0 Å². The smallest absolute Gasteiger partial charge is 0.0871 e. The van der Waals surface area contributed by atoms with Gasteiger partial charge in [0.1, 0.15) is 0 Å². The minimum absolute atomic E-state index is 1.26. The van der Waals surface area contributed by atoms with Crippen LogP contribution in [-0.4, -0.2) is 0 Å². The van der Waals surface area contributed by atoms with Crippen molar-refractivity contribution in [2.24, 2.45) is 0 Å². The van der Waals surface area contributed by atoms with Crippen molar-refractivity contribution in [3.63, 3.8) is 0 Å². The maximum absolute atomic E-state index is 3.13. The molecule has 0 fully saturated rings. The highest BCUT2D eigenvalue weighted by Crippen LogP contribution is 2.24. The standard InChI is InChI=1S/C6H3S2/c1-3-7-6-5(1)2-4-8-6/h1,3-4H. The molecule has 2 aromatic heterocycles. The van der Waals surface area contributed by atoms with Crippen molar-refractivity contribution < 1.29 is 0 Å². The summed E-state index contributed by atoms with van der Waals surface area (Å²) in [5.74, 6) is 0. The van der Waals surface area contributed by atoms with Crippen molar-refractivity contribution >= 4 is 32.1 Å². The molecule has 8 heavy (non-hydrogen) atoms. The zero-order valence-electron chi connectivity index (χ0n) is 4.05. The van der Waals surface area contributed by atoms with E-state index in [1.165, 1.54) is 9.40 Å². The first-order chi connectivity index (χ1) is 3.97. The fourth-order valence-electron chi connectivity index (χ4n) is 0.640. The molecule has 0 atom stereocenters. The Hall–Kier alpha value is -0.340. The van der Waals surface area contributed by atoms with Gasteiger partial charge in [0.25, 0.3) is 0 Å². The SMILES string of the molecule is [c]1csc2sccc12. The quantitative estimate of drug-likeness (QED) is 0.526. The van der Waals surface area contributed by atoms with E-state index in [2.05, 4.69) is 17.5 Å². The van der Waals surface area contributed by atoms with Gasteiger partial charge in [0, 0.05) is 16.8 Å². The molecule has 2 heteroatoms. The van der Waals surface area contributed by atoms with Gasteiger partial charge in [0.05, 0.1) is 4.01 Å². The first-order valence-electron chi connectivity index (χ1n) is 2.29. The maximum Gasteiger partial charge on any atom is 0.0871 e. The Balaban J connectivity index is 3.06. The van der Waals surface area contributed by atoms with E-state index in [0.29, 0.717) is 0 Å². The third-order valence-corrected chi connectivity index (χ3v) is 2.96. The number of rotatable bonds is 0. The second-order valence-corrected chi connectivity index (χ2v) is 3.56. The maximum atomic E-state index is 3.13. The Morgan fingerprint density at radius 2 is 2.38 bits per heavy atom. The third-order valence-electron chi connectivity index (χ3n) is 1.01. The summed E-state index contributed by atoms with van der Waals surface area (Å²) in [5, 5.41) is 5.36. The lowest BCUT2D eigenvalue weighted by molar-refractivity contribution is 2.07. The molecule has 0 unspecified atom stereocenters. The molecule has 0 aromatic carbocycles. The van der Waals surface area contributed by atoms with E-state index in [1.54, 1.807) is 22.7 Å². The van der Waals surface area contributed by atoms with Crippen LogP contribution >= 0.6 is 22.7 Å². The van der Waals surface area contributed by atoms with Crippen molar-refractivity contribution in [3.8, 4) is 0 Å². The molecule has 0 spiro atoms. The van der Waals surface area contributed by atoms with Crippen LogP contribution in [0.1, 0.15) is 0 Å². The summed E-state index contributed by atoms with van der Waals surface area (Å²) in [6.07, 6.45) is 0. The molecule has 0 nitrogen and oxygen atoms in total. The summed E-state index contributed by atoms with van der Waals surface area (Å²) in [7, 11) is 0. The minimum atomic E-state index is 1.26. The Morgan fingerprint density at radius 3 is 3.25 bits per heavy atom. The summed E-state index contributed by atoms with van der Waals surface area (Å²) in [4.78, 5) is 0. The highest BCUT2D eigenvalue weighted by Gasteiger charge is 1.91. The zero-order chi connectivity index (χ0) is 5.40. The van der Waals surface area contributed by atoms with Crippen LogP contribution in [0.15, 0.2) is 16.8 Å². The molecular formula is C6H3S2. The first-order valence-corrected chi connectivity index (χ1v) is 4.05. The largest absolute Gasteiger partial charge is 0.133 e. The van der Waals surface area contributed by atoms with E-state index >= 15 is 0 Å². The monoisotopic (exact) mass is 139 g/mol. The van der Waals surface area contributed by atoms with Crippen molar-refractivity contribution in [1.82, 2.24) is 0 Å². The molecule has 39 valence electrons. The predicted octanol–water partition coefficient (Wildman–Crippen LogP) is 2.76. The Kier molecular flexibility index (Phi) is 0.889. The van der Waals surface area contributed by atoms with E-state index in [9.17, 15) is 0 Å². The van der Waals surface area contributed by atoms with Crippen LogP contribution in [0.3, 0.4) is 0 Å². The third kappa shape index (κ3) is 0.501. The van der Waals surface area contributed by atoms with Gasteiger partial charge in [0.2, 0.25) is 0 Å². The van der Waals surface area contributed by atoms with E-state index < -0.39 is 0 Å². The second-order valence-electron chi connectivity index (χ2n) is 1.50. The van der Waals surface area contributed by atoms with Crippen LogP contribution in [0.25, 0.3) is 9.40 Å². The molecule has 0 aliphatic rings. The topological polar surface area (TPSA) is 0 Å². The number of hydrogen-bond acceptors (Lipinski definition) is 2. The number of fused-ring (bicyclic) bond motifs is 1. The Morgan fingerprint density at radius 1 is 1.38 bits per heavy atom. The van der Waals surface area contributed by atoms with Crippen LogP contribution in [0.2, 0.25) is 0 Å². The van der Waals surface area contributed by atoms with Crippen molar-refractivity contribution in [2.45, 2.75) is 0 Å². The molecule has 0 amide bonds. The molecule has 2 rings (SSSR count). The molecule has 1 radical (unpaired) electrons. The Bertz CT molecular complexity index is 228. The lowest BCUT2D eigenvalue weighted by atomic mass is 10.4. The first kappa shape index (κ1) is 4.53. The van der Waals surface area contributed by atoms with Crippen molar-refractivity contribution in [2.75, 3.05) is 0 Å². The molecule has 0 saturated heterocycles. The van der Waals surface area contributed by atoms with E-state index in [0.717, 1.165) is 0 Å². The lowest BCUT2D eigenvalue weighted by Crippen LogP contribution is -1.37. The average molecular weight is 139 g/mol. The van der Waals surface area contributed by atoms with Gasteiger partial charge in [-0.25, -0.2) is 0 Å². The zero-order valence-corrected chi connectivity index (χ0v) is 5.68. The molecule has 2 heterocycles. The van der Waals surface area contributed by atoms with E-state index in [-0.39, 0.29) is 0 Å². The average Bonchev–Trinajstić information content (AvgIpc) is 2.15. The summed E-state index contributed by atoms with van der Waals surface area (Å²) in [5.41, 5.74) is 0. The molecular weight excluding hydrogens is 136 g/mol. The molecule has 2 aromatic rings. The fourth-order valence-corrected chi connectivity index (χ4v) is 2.30. The molecule has 0 bridgehead atoms. The van der Waals surface area contributed by atoms with Gasteiger partial charge in [-0.15, -0.1) is 22.7 Å². The van der Waals surface area contributed by atoms with Gasteiger partial charge >= 0.3 is 0 Å². The number of hydrogen-bond donors (Lipinski definition) is 0. The van der Waals surface area contributed by atoms with Crippen LogP contribution in [-0.2, 0) is 0 Å². The molecule has 0 aliphatic heterocycles. The van der Waals surface area contributed by atoms with E-state index in [1.807, 2.05) is 5.38 Å². The highest BCUT2D eigenvalue weighted by atomic mass is 32.2. The van der Waals surface area contributed by atoms with Gasteiger partial charge in [-0.1, -0.05) is 0 Å². The Labute approximate surface area is 55.4 Å². The van der Waals surface area contributed by atoms with Gasteiger partial charge in [-0.05, 0) is 11.4 Å². The number of thiophene rings is 2. The van der Waals surface area contributed by atoms with Crippen molar-refractivity contribution in [3.05, 3.63) is 22.9 Å². The fraction of sp³-hybridized carbons (Fsp3) is 0. The van der Waals surface area contributed by atoms with Crippen molar-refractivity contribution in [1.29, 1.82) is 0 Å². The van der Waals surface area contributed by atoms with E-state index in [4.69, 9.17) is 0 Å². The summed E-state index contributed by atoms with van der Waals surface area (Å²) in [6, 6.07) is 5.22. The normalized spacial score (nSPS) is 10.5. The lowest BCUT2D eigenvalue weighted by Gasteiger charge is -1.63. The summed E-state index contributed by atoms with van der Waals surface area (Å²) < 4.78 is 1.38. The van der Waals surface area contributed by atoms with Gasteiger partial charge in [0.15, 0.2) is 0 Å².